The van der Waals surface area contributed by atoms with Gasteiger partial charge in [-0.3, -0.25) is 9.59 Å². The van der Waals surface area contributed by atoms with E-state index in [4.69, 9.17) is 0 Å². The van der Waals surface area contributed by atoms with Crippen LogP contribution in [0.2, 0.25) is 0 Å². The summed E-state index contributed by atoms with van der Waals surface area (Å²) in [4.78, 5) is 21.9. The molecular weight excluding hydrogens is 312 g/mol. The van der Waals surface area contributed by atoms with Crippen molar-refractivity contribution in [2.24, 2.45) is 5.92 Å². The van der Waals surface area contributed by atoms with Crippen LogP contribution < -0.4 is 0 Å². The highest BCUT2D eigenvalue weighted by Gasteiger charge is 2.39. The minimum atomic E-state index is -0.614. The number of carbonyl (C=O) groups excluding carboxylic acids is 2. The maximum absolute atomic E-state index is 10.9. The molecule has 0 atom stereocenters. The molecule has 1 heterocycles. The summed E-state index contributed by atoms with van der Waals surface area (Å²) in [5.41, 5.74) is 0. The van der Waals surface area contributed by atoms with Crippen LogP contribution in [-0.4, -0.2) is 11.9 Å². The molecule has 1 rings (SSSR count). The minimum absolute atomic E-state index is 0.405. The first-order chi connectivity index (χ1) is 12.3. The van der Waals surface area contributed by atoms with Gasteiger partial charge in [-0.05, 0) is 12.8 Å². The van der Waals surface area contributed by atoms with Crippen LogP contribution in [0.25, 0.3) is 0 Å². The molecule has 0 spiro atoms. The van der Waals surface area contributed by atoms with Crippen LogP contribution in [0, 0.1) is 5.92 Å². The molecule has 0 radical (unpaired) electrons. The van der Waals surface area contributed by atoms with Crippen LogP contribution in [0.1, 0.15) is 110 Å². The highest BCUT2D eigenvalue weighted by atomic mass is 16.6. The average molecular weight is 351 g/mol. The fourth-order valence-corrected chi connectivity index (χ4v) is 3.29. The molecule has 0 unspecified atom stereocenters. The minimum Gasteiger partial charge on any atom is -0.391 e. The lowest BCUT2D eigenvalue weighted by Gasteiger charge is -2.17. The van der Waals surface area contributed by atoms with E-state index in [0.717, 1.165) is 12.8 Å². The number of allylic oxidation sites excluding steroid dienone is 1. The molecule has 1 saturated heterocycles. The first kappa shape index (κ1) is 21.9. The first-order valence-corrected chi connectivity index (χ1v) is 10.7. The molecule has 0 amide bonds. The number of esters is 2. The zero-order valence-electron chi connectivity index (χ0n) is 16.3. The van der Waals surface area contributed by atoms with Crippen molar-refractivity contribution in [2.45, 2.75) is 110 Å². The van der Waals surface area contributed by atoms with Gasteiger partial charge in [-0.25, -0.2) is 0 Å². The Balaban J connectivity index is 1.73. The zero-order valence-corrected chi connectivity index (χ0v) is 16.3. The molecule has 0 aromatic rings. The Morgan fingerprint density at radius 1 is 0.680 bits per heavy atom. The quantitative estimate of drug-likeness (QED) is 0.130. The predicted molar refractivity (Wildman–Crippen MR) is 103 cm³/mol. The smallest absolute Gasteiger partial charge is 0.331 e. The number of hydrogen-bond acceptors (Lipinski definition) is 3. The Kier molecular flexibility index (Phi) is 13.3. The molecule has 0 aromatic heterocycles. The summed E-state index contributed by atoms with van der Waals surface area (Å²) in [6.07, 6.45) is 25.1. The maximum atomic E-state index is 10.9. The average Bonchev–Trinajstić information content (AvgIpc) is 2.60. The van der Waals surface area contributed by atoms with E-state index in [2.05, 4.69) is 11.7 Å². The van der Waals surface area contributed by atoms with Crippen molar-refractivity contribution < 1.29 is 14.3 Å². The monoisotopic (exact) mass is 350 g/mol. The Bertz CT molecular complexity index is 373. The highest BCUT2D eigenvalue weighted by molar-refractivity contribution is 6.11. The SMILES string of the molecule is CCCCCCCCCCCCCCCCC/C=C\C1C(=O)OC1=O. The van der Waals surface area contributed by atoms with Gasteiger partial charge >= 0.3 is 11.9 Å². The van der Waals surface area contributed by atoms with Crippen LogP contribution in [0.5, 0.6) is 0 Å². The van der Waals surface area contributed by atoms with Gasteiger partial charge in [0.1, 0.15) is 0 Å². The summed E-state index contributed by atoms with van der Waals surface area (Å²) in [5.74, 6) is -1.42. The lowest BCUT2D eigenvalue weighted by atomic mass is 10.0. The van der Waals surface area contributed by atoms with Crippen LogP contribution in [0.4, 0.5) is 0 Å². The van der Waals surface area contributed by atoms with Crippen LogP contribution in [0.15, 0.2) is 12.2 Å². The van der Waals surface area contributed by atoms with Gasteiger partial charge in [0.2, 0.25) is 0 Å². The third-order valence-corrected chi connectivity index (χ3v) is 5.01. The predicted octanol–water partition coefficient (Wildman–Crippen LogP) is 6.50. The lowest BCUT2D eigenvalue weighted by Crippen LogP contribution is -2.39. The van der Waals surface area contributed by atoms with Crippen molar-refractivity contribution in [3.63, 3.8) is 0 Å². The third-order valence-electron chi connectivity index (χ3n) is 5.01. The van der Waals surface area contributed by atoms with Crippen molar-refractivity contribution in [1.82, 2.24) is 0 Å². The topological polar surface area (TPSA) is 43.4 Å². The molecule has 1 aliphatic heterocycles. The molecule has 1 fully saturated rings. The van der Waals surface area contributed by atoms with Crippen molar-refractivity contribution in [3.8, 4) is 0 Å². The Labute approximate surface area is 154 Å². The summed E-state index contributed by atoms with van der Waals surface area (Å²) in [7, 11) is 0. The summed E-state index contributed by atoms with van der Waals surface area (Å²) in [6, 6.07) is 0. The molecule has 0 bridgehead atoms. The van der Waals surface area contributed by atoms with Crippen LogP contribution >= 0.6 is 0 Å². The number of carbonyl (C=O) groups is 2. The Morgan fingerprint density at radius 3 is 1.48 bits per heavy atom. The van der Waals surface area contributed by atoms with Crippen LogP contribution in [-0.2, 0) is 14.3 Å². The van der Waals surface area contributed by atoms with E-state index in [1.54, 1.807) is 6.08 Å². The van der Waals surface area contributed by atoms with Gasteiger partial charge in [-0.1, -0.05) is 109 Å². The number of rotatable bonds is 17. The van der Waals surface area contributed by atoms with E-state index >= 15 is 0 Å². The normalized spacial score (nSPS) is 14.9. The molecule has 3 nitrogen and oxygen atoms in total. The second kappa shape index (κ2) is 15.2. The van der Waals surface area contributed by atoms with E-state index in [0.29, 0.717) is 0 Å². The molecule has 25 heavy (non-hydrogen) atoms. The van der Waals surface area contributed by atoms with E-state index in [1.807, 2.05) is 6.08 Å². The molecule has 3 heteroatoms. The molecule has 0 N–H and O–H groups in total. The second-order valence-electron chi connectivity index (χ2n) is 7.38. The number of ether oxygens (including phenoxy) is 1. The van der Waals surface area contributed by atoms with E-state index in [-0.39, 0.29) is 0 Å². The van der Waals surface area contributed by atoms with Gasteiger partial charge in [-0.15, -0.1) is 0 Å². The van der Waals surface area contributed by atoms with E-state index in [9.17, 15) is 9.59 Å². The lowest BCUT2D eigenvalue weighted by molar-refractivity contribution is -0.180. The molecule has 0 aromatic carbocycles. The molecule has 1 aliphatic rings. The zero-order chi connectivity index (χ0) is 18.2. The molecule has 0 aliphatic carbocycles. The van der Waals surface area contributed by atoms with E-state index < -0.39 is 17.9 Å². The van der Waals surface area contributed by atoms with Gasteiger partial charge in [0.15, 0.2) is 5.92 Å². The Hall–Kier alpha value is -1.12. The standard InChI is InChI=1S/C22H38O3/c1-2-3-4-5-6-7-8-9-10-11-12-13-14-15-16-17-18-19-20-21(23)25-22(20)24/h18-20H,2-17H2,1H3/b19-18-. The first-order valence-electron chi connectivity index (χ1n) is 10.7. The number of cyclic esters (lactones) is 2. The van der Waals surface area contributed by atoms with E-state index in [1.165, 1.54) is 89.9 Å². The fourth-order valence-electron chi connectivity index (χ4n) is 3.29. The van der Waals surface area contributed by atoms with Gasteiger partial charge in [-0.2, -0.15) is 0 Å². The molecule has 144 valence electrons. The van der Waals surface area contributed by atoms with Crippen LogP contribution in [0.3, 0.4) is 0 Å². The summed E-state index contributed by atoms with van der Waals surface area (Å²) in [6.45, 7) is 2.27. The molecule has 0 saturated carbocycles. The van der Waals surface area contributed by atoms with Gasteiger partial charge < -0.3 is 4.74 Å². The maximum Gasteiger partial charge on any atom is 0.331 e. The summed E-state index contributed by atoms with van der Waals surface area (Å²) >= 11 is 0. The summed E-state index contributed by atoms with van der Waals surface area (Å²) < 4.78 is 4.31. The van der Waals surface area contributed by atoms with Gasteiger partial charge in [0, 0.05) is 0 Å². The summed E-state index contributed by atoms with van der Waals surface area (Å²) in [5, 5.41) is 0. The number of hydrogen-bond donors (Lipinski definition) is 0. The Morgan fingerprint density at radius 2 is 1.08 bits per heavy atom. The van der Waals surface area contributed by atoms with Gasteiger partial charge in [0.25, 0.3) is 0 Å². The largest absolute Gasteiger partial charge is 0.391 e. The molecular formula is C22H38O3. The van der Waals surface area contributed by atoms with Crippen molar-refractivity contribution in [1.29, 1.82) is 0 Å². The van der Waals surface area contributed by atoms with Gasteiger partial charge in [0.05, 0.1) is 0 Å². The number of unbranched alkanes of at least 4 members (excludes halogenated alkanes) is 15. The second-order valence-corrected chi connectivity index (χ2v) is 7.38. The third kappa shape index (κ3) is 11.2. The van der Waals surface area contributed by atoms with Crippen molar-refractivity contribution >= 4 is 11.9 Å². The van der Waals surface area contributed by atoms with Crippen molar-refractivity contribution in [3.05, 3.63) is 12.2 Å². The fraction of sp³-hybridized carbons (Fsp3) is 0.818. The highest BCUT2D eigenvalue weighted by Crippen LogP contribution is 2.17. The van der Waals surface area contributed by atoms with Crippen molar-refractivity contribution in [2.75, 3.05) is 0 Å².